The highest BCUT2D eigenvalue weighted by molar-refractivity contribution is 6.11. The zero-order valence-electron chi connectivity index (χ0n) is 17.1. The van der Waals surface area contributed by atoms with E-state index in [9.17, 15) is 4.79 Å². The van der Waals surface area contributed by atoms with E-state index < -0.39 is 0 Å². The molecule has 4 heterocycles. The van der Waals surface area contributed by atoms with Crippen LogP contribution < -0.4 is 16.0 Å². The third kappa shape index (κ3) is 3.75. The van der Waals surface area contributed by atoms with Crippen molar-refractivity contribution in [1.82, 2.24) is 20.3 Å². The van der Waals surface area contributed by atoms with Crippen molar-refractivity contribution < 1.29 is 4.79 Å². The third-order valence-corrected chi connectivity index (χ3v) is 5.69. The molecular weight excluding hydrogens is 388 g/mol. The van der Waals surface area contributed by atoms with E-state index >= 15 is 0 Å². The summed E-state index contributed by atoms with van der Waals surface area (Å²) in [5.74, 6) is 0.801. The van der Waals surface area contributed by atoms with Gasteiger partial charge in [-0.25, -0.2) is 9.97 Å². The lowest BCUT2D eigenvalue weighted by molar-refractivity contribution is 0.103. The minimum atomic E-state index is -0.221. The summed E-state index contributed by atoms with van der Waals surface area (Å²) in [4.78, 5) is 27.8. The fourth-order valence-electron chi connectivity index (χ4n) is 4.05. The van der Waals surface area contributed by atoms with Gasteiger partial charge in [0.2, 0.25) is 5.78 Å². The van der Waals surface area contributed by atoms with Crippen molar-refractivity contribution in [1.29, 1.82) is 0 Å². The smallest absolute Gasteiger partial charge is 0.215 e. The first-order chi connectivity index (χ1) is 15.2. The van der Waals surface area contributed by atoms with Gasteiger partial charge in [0.15, 0.2) is 0 Å². The molecule has 7 nitrogen and oxygen atoms in total. The van der Waals surface area contributed by atoms with Gasteiger partial charge in [-0.3, -0.25) is 4.79 Å². The number of carbonyl (C=O) groups excluding carboxylic acids is 1. The van der Waals surface area contributed by atoms with Crippen molar-refractivity contribution in [3.8, 4) is 11.1 Å². The van der Waals surface area contributed by atoms with Gasteiger partial charge in [-0.2, -0.15) is 0 Å². The maximum Gasteiger partial charge on any atom is 0.215 e. The molecular formula is C24H24N6O. The molecule has 0 aliphatic carbocycles. The van der Waals surface area contributed by atoms with Crippen molar-refractivity contribution in [3.05, 3.63) is 72.2 Å². The summed E-state index contributed by atoms with van der Waals surface area (Å²) in [7, 11) is 0. The van der Waals surface area contributed by atoms with Crippen LogP contribution in [-0.4, -0.2) is 46.9 Å². The van der Waals surface area contributed by atoms with Gasteiger partial charge < -0.3 is 20.9 Å². The fraction of sp³-hybridized carbons (Fsp3) is 0.208. The number of pyridine rings is 2. The number of nitrogens with one attached hydrogen (secondary N) is 2. The molecule has 1 fully saturated rings. The lowest BCUT2D eigenvalue weighted by atomic mass is 10.0. The Balaban J connectivity index is 1.50. The molecule has 0 unspecified atom stereocenters. The number of fused-ring (bicyclic) bond motifs is 1. The van der Waals surface area contributed by atoms with Crippen molar-refractivity contribution in [2.24, 2.45) is 0 Å². The number of nitrogen functional groups attached to an aromatic ring is 1. The number of ketones is 1. The van der Waals surface area contributed by atoms with Gasteiger partial charge in [-0.05, 0) is 37.2 Å². The number of benzene rings is 1. The summed E-state index contributed by atoms with van der Waals surface area (Å²) < 4.78 is 0. The van der Waals surface area contributed by atoms with Crippen LogP contribution in [0.2, 0.25) is 0 Å². The molecule has 4 N–H and O–H groups in total. The molecule has 0 bridgehead atoms. The number of aromatic nitrogens is 3. The zero-order valence-corrected chi connectivity index (χ0v) is 17.1. The number of nitrogens with two attached hydrogens (primary N) is 1. The number of hydrogen-bond acceptors (Lipinski definition) is 6. The average molecular weight is 412 g/mol. The van der Waals surface area contributed by atoms with Crippen molar-refractivity contribution in [2.75, 3.05) is 36.8 Å². The molecule has 0 saturated carbocycles. The standard InChI is InChI=1S/C24H24N6O/c25-24-18(13-16(14-28-24)19-15-27-20-6-2-1-5-17(19)20)23(31)21-7-3-8-22(29-21)30-11-4-9-26-10-12-30/h1-3,5-8,13-15,26-27H,4,9-12H2,(H2,25,28). The van der Waals surface area contributed by atoms with E-state index in [1.807, 2.05) is 48.7 Å². The average Bonchev–Trinajstić information content (AvgIpc) is 3.05. The van der Waals surface area contributed by atoms with Crippen LogP contribution in [0.1, 0.15) is 22.5 Å². The molecule has 31 heavy (non-hydrogen) atoms. The molecule has 4 aromatic rings. The minimum Gasteiger partial charge on any atom is -0.383 e. The predicted molar refractivity (Wildman–Crippen MR) is 123 cm³/mol. The number of aromatic amines is 1. The first-order valence-corrected chi connectivity index (χ1v) is 10.5. The molecule has 1 aliphatic heterocycles. The van der Waals surface area contributed by atoms with E-state index in [1.165, 1.54) is 0 Å². The Bertz CT molecular complexity index is 1240. The molecule has 156 valence electrons. The molecule has 1 aromatic carbocycles. The number of anilines is 2. The summed E-state index contributed by atoms with van der Waals surface area (Å²) in [5, 5.41) is 4.46. The summed E-state index contributed by atoms with van der Waals surface area (Å²) in [6.07, 6.45) is 4.68. The second-order valence-electron chi connectivity index (χ2n) is 7.71. The second-order valence-corrected chi connectivity index (χ2v) is 7.71. The lowest BCUT2D eigenvalue weighted by Gasteiger charge is -2.21. The Kier molecular flexibility index (Phi) is 5.09. The van der Waals surface area contributed by atoms with Gasteiger partial charge in [-0.15, -0.1) is 0 Å². The first kappa shape index (κ1) is 19.3. The molecule has 7 heteroatoms. The third-order valence-electron chi connectivity index (χ3n) is 5.69. The second kappa shape index (κ2) is 8.20. The fourth-order valence-corrected chi connectivity index (χ4v) is 4.05. The van der Waals surface area contributed by atoms with Crippen LogP contribution in [-0.2, 0) is 0 Å². The van der Waals surface area contributed by atoms with Crippen LogP contribution in [0.25, 0.3) is 22.0 Å². The maximum atomic E-state index is 13.3. The Morgan fingerprint density at radius 2 is 1.97 bits per heavy atom. The Hall–Kier alpha value is -3.71. The summed E-state index contributed by atoms with van der Waals surface area (Å²) in [6.45, 7) is 3.68. The number of nitrogens with zero attached hydrogens (tertiary/aromatic N) is 3. The van der Waals surface area contributed by atoms with Gasteiger partial charge in [0.25, 0.3) is 0 Å². The van der Waals surface area contributed by atoms with Crippen molar-refractivity contribution >= 4 is 28.3 Å². The van der Waals surface area contributed by atoms with Crippen LogP contribution in [0.3, 0.4) is 0 Å². The molecule has 0 radical (unpaired) electrons. The summed E-state index contributed by atoms with van der Waals surface area (Å²) in [6, 6.07) is 15.4. The number of hydrogen-bond donors (Lipinski definition) is 3. The molecule has 5 rings (SSSR count). The maximum absolute atomic E-state index is 13.3. The predicted octanol–water partition coefficient (Wildman–Crippen LogP) is 3.24. The van der Waals surface area contributed by atoms with Crippen LogP contribution in [0, 0.1) is 0 Å². The molecule has 0 atom stereocenters. The normalized spacial score (nSPS) is 14.5. The number of carbonyl (C=O) groups is 1. The SMILES string of the molecule is Nc1ncc(-c2c[nH]c3ccccc23)cc1C(=O)c1cccc(N2CCCNCC2)n1. The van der Waals surface area contributed by atoms with Gasteiger partial charge >= 0.3 is 0 Å². The highest BCUT2D eigenvalue weighted by Gasteiger charge is 2.19. The Morgan fingerprint density at radius 1 is 1.06 bits per heavy atom. The molecule has 0 amide bonds. The van der Waals surface area contributed by atoms with Gasteiger partial charge in [-0.1, -0.05) is 24.3 Å². The quantitative estimate of drug-likeness (QED) is 0.445. The van der Waals surface area contributed by atoms with E-state index in [4.69, 9.17) is 5.73 Å². The van der Waals surface area contributed by atoms with Crippen molar-refractivity contribution in [3.63, 3.8) is 0 Å². The Labute approximate surface area is 180 Å². The number of rotatable bonds is 4. The first-order valence-electron chi connectivity index (χ1n) is 10.5. The highest BCUT2D eigenvalue weighted by Crippen LogP contribution is 2.30. The summed E-state index contributed by atoms with van der Waals surface area (Å²) in [5.41, 5.74) is 9.70. The van der Waals surface area contributed by atoms with Gasteiger partial charge in [0, 0.05) is 54.1 Å². The van der Waals surface area contributed by atoms with Crippen LogP contribution >= 0.6 is 0 Å². The van der Waals surface area contributed by atoms with E-state index in [-0.39, 0.29) is 11.6 Å². The monoisotopic (exact) mass is 412 g/mol. The largest absolute Gasteiger partial charge is 0.383 e. The van der Waals surface area contributed by atoms with E-state index in [0.29, 0.717) is 11.3 Å². The minimum absolute atomic E-state index is 0.208. The van der Waals surface area contributed by atoms with Crippen LogP contribution in [0.15, 0.2) is 60.9 Å². The summed E-state index contributed by atoms with van der Waals surface area (Å²) >= 11 is 0. The van der Waals surface area contributed by atoms with Crippen molar-refractivity contribution in [2.45, 2.75) is 6.42 Å². The van der Waals surface area contributed by atoms with Crippen LogP contribution in [0.5, 0.6) is 0 Å². The van der Waals surface area contributed by atoms with E-state index in [0.717, 1.165) is 60.4 Å². The zero-order chi connectivity index (χ0) is 21.2. The van der Waals surface area contributed by atoms with Gasteiger partial charge in [0.05, 0.1) is 5.56 Å². The topological polar surface area (TPSA) is 99.9 Å². The van der Waals surface area contributed by atoms with E-state index in [1.54, 1.807) is 12.3 Å². The number of para-hydroxylation sites is 1. The van der Waals surface area contributed by atoms with Crippen LogP contribution in [0.4, 0.5) is 11.6 Å². The Morgan fingerprint density at radius 3 is 2.90 bits per heavy atom. The van der Waals surface area contributed by atoms with Gasteiger partial charge in [0.1, 0.15) is 17.3 Å². The number of H-pyrrole nitrogens is 1. The van der Waals surface area contributed by atoms with E-state index in [2.05, 4.69) is 25.2 Å². The molecule has 3 aromatic heterocycles. The lowest BCUT2D eigenvalue weighted by Crippen LogP contribution is -2.29. The molecule has 1 saturated heterocycles. The highest BCUT2D eigenvalue weighted by atomic mass is 16.1. The molecule has 0 spiro atoms. The molecule has 1 aliphatic rings.